The van der Waals surface area contributed by atoms with Crippen LogP contribution in [0.4, 0.5) is 0 Å². The number of aliphatic hydroxyl groups is 4. The van der Waals surface area contributed by atoms with Crippen LogP contribution in [0.1, 0.15) is 0 Å². The largest absolute Gasteiger partial charge is 0.504 e. The summed E-state index contributed by atoms with van der Waals surface area (Å²) in [6.45, 7) is -0.730. The summed E-state index contributed by atoms with van der Waals surface area (Å²) in [6, 6.07) is 1.91. The zero-order valence-electron chi connectivity index (χ0n) is 16.3. The molecule has 4 aromatic rings. The molecule has 0 aliphatic carbocycles. The van der Waals surface area contributed by atoms with E-state index >= 15 is 0 Å². The van der Waals surface area contributed by atoms with Crippen molar-refractivity contribution >= 4 is 32.7 Å². The summed E-state index contributed by atoms with van der Waals surface area (Å²) in [5, 5.41) is 69.3. The lowest BCUT2D eigenvalue weighted by Crippen LogP contribution is -2.60. The van der Waals surface area contributed by atoms with Gasteiger partial charge in [0.1, 0.15) is 24.4 Å². The van der Waals surface area contributed by atoms with E-state index in [0.717, 1.165) is 12.1 Å². The van der Waals surface area contributed by atoms with E-state index in [0.29, 0.717) is 0 Å². The quantitative estimate of drug-likeness (QED) is 0.108. The molecule has 1 saturated heterocycles. The molecule has 0 saturated carbocycles. The SMILES string of the molecule is O=c1oc2c(O)c(OC3OC(CO)C(O)C(O)C3O)cc3c(=O)oc4c(O)c(O)cc1c4c23. The Morgan fingerprint density at radius 1 is 0.818 bits per heavy atom. The lowest BCUT2D eigenvalue weighted by molar-refractivity contribution is -0.277. The summed E-state index contributed by atoms with van der Waals surface area (Å²) in [5.41, 5.74) is -3.12. The van der Waals surface area contributed by atoms with E-state index in [9.17, 15) is 45.3 Å². The molecule has 0 radical (unpaired) electrons. The lowest BCUT2D eigenvalue weighted by atomic mass is 9.99. The highest BCUT2D eigenvalue weighted by atomic mass is 16.7. The topological polar surface area (TPSA) is 220 Å². The van der Waals surface area contributed by atoms with Crippen LogP contribution in [0.5, 0.6) is 23.0 Å². The van der Waals surface area contributed by atoms with Crippen molar-refractivity contribution in [2.45, 2.75) is 30.7 Å². The Morgan fingerprint density at radius 3 is 2.00 bits per heavy atom. The van der Waals surface area contributed by atoms with Crippen LogP contribution in [0.3, 0.4) is 0 Å². The first-order chi connectivity index (χ1) is 15.6. The van der Waals surface area contributed by atoms with Gasteiger partial charge in [0.2, 0.25) is 17.8 Å². The number of ether oxygens (including phenoxy) is 2. The van der Waals surface area contributed by atoms with Gasteiger partial charge in [0.25, 0.3) is 0 Å². The number of aromatic hydroxyl groups is 3. The fourth-order valence-corrected chi connectivity index (χ4v) is 3.95. The monoisotopic (exact) mass is 464 g/mol. The molecule has 174 valence electrons. The van der Waals surface area contributed by atoms with Gasteiger partial charge in [0, 0.05) is 10.8 Å². The van der Waals surface area contributed by atoms with Crippen molar-refractivity contribution in [1.82, 2.24) is 0 Å². The third-order valence-electron chi connectivity index (χ3n) is 5.63. The summed E-state index contributed by atoms with van der Waals surface area (Å²) < 4.78 is 20.8. The number of aliphatic hydroxyl groups excluding tert-OH is 4. The molecule has 0 amide bonds. The van der Waals surface area contributed by atoms with E-state index in [-0.39, 0.29) is 21.5 Å². The van der Waals surface area contributed by atoms with E-state index < -0.39 is 82.7 Å². The second kappa shape index (κ2) is 7.19. The molecule has 2 aromatic carbocycles. The highest BCUT2D eigenvalue weighted by Gasteiger charge is 2.45. The molecule has 13 heteroatoms. The molecule has 13 nitrogen and oxygen atoms in total. The minimum Gasteiger partial charge on any atom is -0.504 e. The number of phenolic OH excluding ortho intramolecular Hbond substituents is 3. The molecule has 5 atom stereocenters. The maximum Gasteiger partial charge on any atom is 0.344 e. The Morgan fingerprint density at radius 2 is 1.39 bits per heavy atom. The maximum absolute atomic E-state index is 12.6. The smallest absolute Gasteiger partial charge is 0.344 e. The van der Waals surface area contributed by atoms with Gasteiger partial charge in [-0.3, -0.25) is 0 Å². The number of benzene rings is 2. The number of hydrogen-bond acceptors (Lipinski definition) is 13. The average molecular weight is 464 g/mol. The first-order valence-corrected chi connectivity index (χ1v) is 9.54. The van der Waals surface area contributed by atoms with Crippen molar-refractivity contribution in [2.24, 2.45) is 0 Å². The van der Waals surface area contributed by atoms with E-state index in [1.807, 2.05) is 0 Å². The zero-order chi connectivity index (χ0) is 23.8. The Balaban J connectivity index is 1.74. The van der Waals surface area contributed by atoms with Crippen molar-refractivity contribution in [3.63, 3.8) is 0 Å². The highest BCUT2D eigenvalue weighted by Crippen LogP contribution is 2.45. The van der Waals surface area contributed by atoms with Crippen LogP contribution in [0.15, 0.2) is 30.6 Å². The third-order valence-corrected chi connectivity index (χ3v) is 5.63. The Labute approximate surface area is 180 Å². The van der Waals surface area contributed by atoms with Crippen LogP contribution in [0.25, 0.3) is 32.7 Å². The molecule has 1 aliphatic heterocycles. The molecule has 2 aromatic heterocycles. The second-order valence-electron chi connectivity index (χ2n) is 7.57. The van der Waals surface area contributed by atoms with Gasteiger partial charge in [0.15, 0.2) is 22.7 Å². The average Bonchev–Trinajstić information content (AvgIpc) is 2.79. The van der Waals surface area contributed by atoms with Gasteiger partial charge in [-0.1, -0.05) is 0 Å². The first kappa shape index (κ1) is 21.2. The molecule has 5 unspecified atom stereocenters. The number of hydrogen-bond donors (Lipinski definition) is 7. The minimum absolute atomic E-state index is 0.0964. The van der Waals surface area contributed by atoms with E-state index in [2.05, 4.69) is 0 Å². The molecule has 5 rings (SSSR count). The fraction of sp³-hybridized carbons (Fsp3) is 0.300. The Hall–Kier alpha value is -3.62. The second-order valence-corrected chi connectivity index (χ2v) is 7.57. The normalized spacial score (nSPS) is 25.9. The van der Waals surface area contributed by atoms with E-state index in [1.54, 1.807) is 0 Å². The van der Waals surface area contributed by atoms with Crippen molar-refractivity contribution in [3.8, 4) is 23.0 Å². The summed E-state index contributed by atoms with van der Waals surface area (Å²) >= 11 is 0. The Bertz CT molecular complexity index is 1500. The van der Waals surface area contributed by atoms with Crippen molar-refractivity contribution in [3.05, 3.63) is 33.0 Å². The molecule has 33 heavy (non-hydrogen) atoms. The molecule has 7 N–H and O–H groups in total. The molecular weight excluding hydrogens is 448 g/mol. The molecule has 1 aliphatic rings. The van der Waals surface area contributed by atoms with Crippen LogP contribution in [-0.4, -0.2) is 73.1 Å². The Kier molecular flexibility index (Phi) is 4.63. The minimum atomic E-state index is -1.82. The molecular formula is C20H16O13. The maximum atomic E-state index is 12.6. The molecule has 0 spiro atoms. The number of phenols is 3. The van der Waals surface area contributed by atoms with Crippen LogP contribution in [0, 0.1) is 0 Å². The van der Waals surface area contributed by atoms with Gasteiger partial charge in [-0.05, 0) is 12.1 Å². The fourth-order valence-electron chi connectivity index (χ4n) is 3.95. The van der Waals surface area contributed by atoms with Crippen molar-refractivity contribution < 1.29 is 54.1 Å². The number of rotatable bonds is 3. The summed E-state index contributed by atoms with van der Waals surface area (Å²) in [6.07, 6.45) is -8.26. The predicted octanol–water partition coefficient (Wildman–Crippen LogP) is -1.21. The molecule has 0 bridgehead atoms. The van der Waals surface area contributed by atoms with E-state index in [4.69, 9.17) is 18.3 Å². The molecule has 3 heterocycles. The summed E-state index contributed by atoms with van der Waals surface area (Å²) in [4.78, 5) is 25.1. The van der Waals surface area contributed by atoms with Crippen LogP contribution < -0.4 is 16.0 Å². The van der Waals surface area contributed by atoms with Crippen molar-refractivity contribution in [2.75, 3.05) is 6.61 Å². The van der Waals surface area contributed by atoms with Gasteiger partial charge < -0.3 is 54.1 Å². The van der Waals surface area contributed by atoms with E-state index in [1.165, 1.54) is 0 Å². The highest BCUT2D eigenvalue weighted by molar-refractivity contribution is 6.22. The van der Waals surface area contributed by atoms with Gasteiger partial charge in [-0.25, -0.2) is 9.59 Å². The molecule has 1 fully saturated rings. The lowest BCUT2D eigenvalue weighted by Gasteiger charge is -2.39. The van der Waals surface area contributed by atoms with Crippen LogP contribution in [0.2, 0.25) is 0 Å². The summed E-state index contributed by atoms with van der Waals surface area (Å²) in [5.74, 6) is -2.84. The van der Waals surface area contributed by atoms with Gasteiger partial charge in [-0.15, -0.1) is 0 Å². The summed E-state index contributed by atoms with van der Waals surface area (Å²) in [7, 11) is 0. The first-order valence-electron chi connectivity index (χ1n) is 9.54. The third kappa shape index (κ3) is 2.91. The van der Waals surface area contributed by atoms with Gasteiger partial charge in [0.05, 0.1) is 17.4 Å². The van der Waals surface area contributed by atoms with Gasteiger partial charge in [-0.2, -0.15) is 0 Å². The van der Waals surface area contributed by atoms with Crippen LogP contribution in [-0.2, 0) is 4.74 Å². The zero-order valence-corrected chi connectivity index (χ0v) is 16.3. The van der Waals surface area contributed by atoms with Crippen LogP contribution >= 0.6 is 0 Å². The van der Waals surface area contributed by atoms with Gasteiger partial charge >= 0.3 is 11.3 Å². The predicted molar refractivity (Wildman–Crippen MR) is 107 cm³/mol. The van der Waals surface area contributed by atoms with Crippen molar-refractivity contribution in [1.29, 1.82) is 0 Å². The standard InChI is InChI=1S/C20H16O13/c21-3-8-12(24)14(26)15(27)20(31-8)30-7-2-5-10-9-4(18(28)33-17(10)13(7)25)1-6(22)11(23)16(9)32-19(5)29/h1-2,8,12,14-15,20-27H,3H2.